The van der Waals surface area contributed by atoms with Gasteiger partial charge in [0.2, 0.25) is 5.95 Å². The second-order valence-corrected chi connectivity index (χ2v) is 5.77. The first-order chi connectivity index (χ1) is 8.59. The highest BCUT2D eigenvalue weighted by Crippen LogP contribution is 2.28. The van der Waals surface area contributed by atoms with E-state index in [9.17, 15) is 5.11 Å². The first-order valence-electron chi connectivity index (χ1n) is 6.33. The molecule has 1 aromatic rings. The summed E-state index contributed by atoms with van der Waals surface area (Å²) in [6.07, 6.45) is 7.91. The molecule has 5 nitrogen and oxygen atoms in total. The van der Waals surface area contributed by atoms with Crippen molar-refractivity contribution in [3.8, 4) is 0 Å². The molecule has 1 heterocycles. The lowest BCUT2D eigenvalue weighted by Crippen LogP contribution is -2.36. The third kappa shape index (κ3) is 3.55. The van der Waals surface area contributed by atoms with Crippen molar-refractivity contribution in [2.24, 2.45) is 0 Å². The molecule has 0 amide bonds. The minimum absolute atomic E-state index is 0.230. The highest BCUT2D eigenvalue weighted by atomic mass is 79.9. The fourth-order valence-electron chi connectivity index (χ4n) is 2.32. The zero-order valence-electron chi connectivity index (χ0n) is 10.3. The Kier molecular flexibility index (Phi) is 4.40. The third-order valence-electron chi connectivity index (χ3n) is 3.38. The second-order valence-electron chi connectivity index (χ2n) is 4.92. The second kappa shape index (κ2) is 5.84. The van der Waals surface area contributed by atoms with Crippen molar-refractivity contribution < 1.29 is 5.11 Å². The summed E-state index contributed by atoms with van der Waals surface area (Å²) in [6, 6.07) is 0. The van der Waals surface area contributed by atoms with Crippen molar-refractivity contribution in [1.82, 2.24) is 9.97 Å². The van der Waals surface area contributed by atoms with Crippen molar-refractivity contribution in [3.63, 3.8) is 0 Å². The molecule has 0 radical (unpaired) electrons. The molecule has 0 spiro atoms. The van der Waals surface area contributed by atoms with E-state index in [1.54, 1.807) is 6.20 Å². The molecule has 1 aliphatic carbocycles. The van der Waals surface area contributed by atoms with Gasteiger partial charge in [0.05, 0.1) is 10.1 Å². The first kappa shape index (κ1) is 13.5. The molecule has 6 heteroatoms. The van der Waals surface area contributed by atoms with E-state index >= 15 is 0 Å². The molecule has 1 aromatic heterocycles. The van der Waals surface area contributed by atoms with Crippen molar-refractivity contribution in [1.29, 1.82) is 0 Å². The largest absolute Gasteiger partial charge is 0.388 e. The van der Waals surface area contributed by atoms with Gasteiger partial charge in [-0.1, -0.05) is 25.7 Å². The summed E-state index contributed by atoms with van der Waals surface area (Å²) in [5.74, 6) is 0.869. The van der Waals surface area contributed by atoms with Crippen LogP contribution >= 0.6 is 15.9 Å². The Balaban J connectivity index is 1.99. The quantitative estimate of drug-likeness (QED) is 0.746. The number of anilines is 2. The van der Waals surface area contributed by atoms with E-state index in [-0.39, 0.29) is 5.95 Å². The fourth-order valence-corrected chi connectivity index (χ4v) is 2.65. The van der Waals surface area contributed by atoms with Gasteiger partial charge < -0.3 is 16.2 Å². The Morgan fingerprint density at radius 3 is 2.67 bits per heavy atom. The van der Waals surface area contributed by atoms with Gasteiger partial charge in [0.15, 0.2) is 0 Å². The number of nitrogens with one attached hydrogen (secondary N) is 1. The van der Waals surface area contributed by atoms with E-state index in [1.807, 2.05) is 0 Å². The van der Waals surface area contributed by atoms with E-state index in [1.165, 1.54) is 12.8 Å². The number of hydrogen-bond donors (Lipinski definition) is 3. The van der Waals surface area contributed by atoms with Crippen LogP contribution in [0.1, 0.15) is 38.5 Å². The van der Waals surface area contributed by atoms with Crippen molar-refractivity contribution in [2.75, 3.05) is 17.6 Å². The maximum Gasteiger partial charge on any atom is 0.221 e. The van der Waals surface area contributed by atoms with E-state index in [0.717, 1.165) is 30.2 Å². The predicted molar refractivity (Wildman–Crippen MR) is 75.3 cm³/mol. The zero-order chi connectivity index (χ0) is 13.0. The SMILES string of the molecule is Nc1ncc(Br)c(NCC2(O)CCCCCC2)n1. The number of rotatable bonds is 3. The molecule has 2 rings (SSSR count). The average Bonchev–Trinajstić information content (AvgIpc) is 2.56. The smallest absolute Gasteiger partial charge is 0.221 e. The summed E-state index contributed by atoms with van der Waals surface area (Å²) >= 11 is 3.36. The molecule has 4 N–H and O–H groups in total. The van der Waals surface area contributed by atoms with Gasteiger partial charge in [-0.2, -0.15) is 4.98 Å². The number of halogens is 1. The molecule has 0 aromatic carbocycles. The third-order valence-corrected chi connectivity index (χ3v) is 3.96. The van der Waals surface area contributed by atoms with Gasteiger partial charge in [0.25, 0.3) is 0 Å². The van der Waals surface area contributed by atoms with Crippen molar-refractivity contribution >= 4 is 27.7 Å². The van der Waals surface area contributed by atoms with Crippen LogP contribution in [-0.2, 0) is 0 Å². The van der Waals surface area contributed by atoms with Crippen LogP contribution < -0.4 is 11.1 Å². The van der Waals surface area contributed by atoms with Gasteiger partial charge in [0, 0.05) is 12.7 Å². The fraction of sp³-hybridized carbons (Fsp3) is 0.667. The topological polar surface area (TPSA) is 84.1 Å². The molecule has 1 aliphatic rings. The Bertz CT molecular complexity index is 405. The van der Waals surface area contributed by atoms with Gasteiger partial charge in [0.1, 0.15) is 5.82 Å². The molecule has 1 fully saturated rings. The monoisotopic (exact) mass is 314 g/mol. The lowest BCUT2D eigenvalue weighted by molar-refractivity contribution is 0.0380. The molecule has 1 saturated carbocycles. The molecule has 100 valence electrons. The normalized spacial score (nSPS) is 19.2. The summed E-state index contributed by atoms with van der Waals surface area (Å²) in [4.78, 5) is 7.99. The molecule has 0 aliphatic heterocycles. The molecule has 0 bridgehead atoms. The average molecular weight is 315 g/mol. The predicted octanol–water partition coefficient (Wildman–Crippen LogP) is 2.32. The summed E-state index contributed by atoms with van der Waals surface area (Å²) in [7, 11) is 0. The summed E-state index contributed by atoms with van der Waals surface area (Å²) < 4.78 is 0.758. The maximum absolute atomic E-state index is 10.5. The van der Waals surface area contributed by atoms with Gasteiger partial charge in [-0.05, 0) is 28.8 Å². The van der Waals surface area contributed by atoms with Crippen LogP contribution in [0, 0.1) is 0 Å². The van der Waals surface area contributed by atoms with Crippen LogP contribution in [0.2, 0.25) is 0 Å². The first-order valence-corrected chi connectivity index (χ1v) is 7.13. The highest BCUT2D eigenvalue weighted by molar-refractivity contribution is 9.10. The van der Waals surface area contributed by atoms with Gasteiger partial charge in [-0.15, -0.1) is 0 Å². The van der Waals surface area contributed by atoms with Crippen molar-refractivity contribution in [2.45, 2.75) is 44.1 Å². The van der Waals surface area contributed by atoms with E-state index in [0.29, 0.717) is 12.4 Å². The zero-order valence-corrected chi connectivity index (χ0v) is 11.9. The van der Waals surface area contributed by atoms with Crippen LogP contribution in [0.3, 0.4) is 0 Å². The minimum atomic E-state index is -0.629. The lowest BCUT2D eigenvalue weighted by Gasteiger charge is -2.27. The minimum Gasteiger partial charge on any atom is -0.388 e. The molecule has 0 unspecified atom stereocenters. The lowest BCUT2D eigenvalue weighted by atomic mass is 9.94. The van der Waals surface area contributed by atoms with Crippen LogP contribution in [0.4, 0.5) is 11.8 Å². The van der Waals surface area contributed by atoms with Crippen LogP contribution in [0.25, 0.3) is 0 Å². The number of nitrogens with two attached hydrogens (primary N) is 1. The molecule has 0 atom stereocenters. The standard InChI is InChI=1S/C12H19BrN4O/c13-9-7-15-11(14)17-10(9)16-8-12(18)5-3-1-2-4-6-12/h7,18H,1-6,8H2,(H3,14,15,16,17). The van der Waals surface area contributed by atoms with Crippen LogP contribution in [-0.4, -0.2) is 27.2 Å². The van der Waals surface area contributed by atoms with Gasteiger partial charge >= 0.3 is 0 Å². The molecular formula is C12H19BrN4O. The molecular weight excluding hydrogens is 296 g/mol. The van der Waals surface area contributed by atoms with E-state index < -0.39 is 5.60 Å². The number of nitrogen functional groups attached to an aromatic ring is 1. The Hall–Kier alpha value is -0.880. The Morgan fingerprint density at radius 2 is 2.00 bits per heavy atom. The summed E-state index contributed by atoms with van der Waals surface area (Å²) in [5, 5.41) is 13.7. The van der Waals surface area contributed by atoms with E-state index in [4.69, 9.17) is 5.73 Å². The Labute approximate surface area is 115 Å². The Morgan fingerprint density at radius 1 is 1.33 bits per heavy atom. The van der Waals surface area contributed by atoms with Crippen molar-refractivity contribution in [3.05, 3.63) is 10.7 Å². The van der Waals surface area contributed by atoms with Gasteiger partial charge in [-0.25, -0.2) is 4.98 Å². The summed E-state index contributed by atoms with van der Waals surface area (Å²) in [6.45, 7) is 0.502. The number of aromatic nitrogens is 2. The van der Waals surface area contributed by atoms with E-state index in [2.05, 4.69) is 31.2 Å². The molecule has 18 heavy (non-hydrogen) atoms. The van der Waals surface area contributed by atoms with Crippen LogP contribution in [0.15, 0.2) is 10.7 Å². The van der Waals surface area contributed by atoms with Crippen LogP contribution in [0.5, 0.6) is 0 Å². The number of hydrogen-bond acceptors (Lipinski definition) is 5. The van der Waals surface area contributed by atoms with Gasteiger partial charge in [-0.3, -0.25) is 0 Å². The maximum atomic E-state index is 10.5. The number of aliphatic hydroxyl groups is 1. The highest BCUT2D eigenvalue weighted by Gasteiger charge is 2.27. The summed E-state index contributed by atoms with van der Waals surface area (Å²) in [5.41, 5.74) is 4.92. The molecule has 0 saturated heterocycles. The number of nitrogens with zero attached hydrogens (tertiary/aromatic N) is 2.